The fraction of sp³-hybridized carbons (Fsp3) is 0.353. The fourth-order valence-electron chi connectivity index (χ4n) is 3.07. The highest BCUT2D eigenvalue weighted by Crippen LogP contribution is 2.35. The molecule has 1 atom stereocenters. The molecular weight excluding hydrogens is 339 g/mol. The summed E-state index contributed by atoms with van der Waals surface area (Å²) in [6, 6.07) is 3.44. The SMILES string of the molecule is Cn1cnc(C(=O)N2CCCC(F)(c3nc(-c4ccncc4)no3)C2)c1. The van der Waals surface area contributed by atoms with Crippen molar-refractivity contribution in [1.29, 1.82) is 0 Å². The summed E-state index contributed by atoms with van der Waals surface area (Å²) in [5.41, 5.74) is -0.892. The summed E-state index contributed by atoms with van der Waals surface area (Å²) in [7, 11) is 1.78. The Morgan fingerprint density at radius 2 is 2.15 bits per heavy atom. The van der Waals surface area contributed by atoms with Crippen molar-refractivity contribution < 1.29 is 13.7 Å². The number of piperidine rings is 1. The Bertz CT molecular complexity index is 924. The number of aryl methyl sites for hydroxylation is 1. The van der Waals surface area contributed by atoms with Crippen LogP contribution in [0.3, 0.4) is 0 Å². The molecule has 3 aromatic rings. The Morgan fingerprint density at radius 1 is 1.35 bits per heavy atom. The summed E-state index contributed by atoms with van der Waals surface area (Å²) in [5, 5.41) is 3.87. The predicted octanol–water partition coefficient (Wildman–Crippen LogP) is 1.97. The molecule has 0 aliphatic carbocycles. The van der Waals surface area contributed by atoms with Gasteiger partial charge in [0.05, 0.1) is 12.9 Å². The third kappa shape index (κ3) is 2.96. The zero-order valence-electron chi connectivity index (χ0n) is 14.2. The van der Waals surface area contributed by atoms with E-state index in [1.807, 2.05) is 0 Å². The molecule has 0 N–H and O–H groups in total. The third-order valence-electron chi connectivity index (χ3n) is 4.40. The number of likely N-dealkylation sites (tertiary alicyclic amines) is 1. The normalized spacial score (nSPS) is 20.3. The lowest BCUT2D eigenvalue weighted by Gasteiger charge is -2.34. The van der Waals surface area contributed by atoms with Gasteiger partial charge in [0.2, 0.25) is 11.5 Å². The molecule has 0 saturated carbocycles. The van der Waals surface area contributed by atoms with E-state index in [0.717, 1.165) is 0 Å². The molecule has 9 heteroatoms. The number of nitrogens with zero attached hydrogens (tertiary/aromatic N) is 6. The Kier molecular flexibility index (Phi) is 3.98. The Labute approximate surface area is 148 Å². The minimum Gasteiger partial charge on any atom is -0.340 e. The van der Waals surface area contributed by atoms with Gasteiger partial charge in [-0.3, -0.25) is 9.78 Å². The molecule has 3 aromatic heterocycles. The van der Waals surface area contributed by atoms with Crippen molar-refractivity contribution in [3.63, 3.8) is 0 Å². The molecular formula is C17H17FN6O2. The van der Waals surface area contributed by atoms with Crippen molar-refractivity contribution >= 4 is 5.91 Å². The van der Waals surface area contributed by atoms with Crippen LogP contribution in [0.2, 0.25) is 0 Å². The van der Waals surface area contributed by atoms with E-state index >= 15 is 4.39 Å². The van der Waals surface area contributed by atoms with Gasteiger partial charge in [0, 0.05) is 37.7 Å². The topological polar surface area (TPSA) is 89.9 Å². The van der Waals surface area contributed by atoms with Crippen LogP contribution in [0.15, 0.2) is 41.6 Å². The minimum atomic E-state index is -1.87. The Balaban J connectivity index is 1.56. The maximum atomic E-state index is 15.5. The van der Waals surface area contributed by atoms with Crippen LogP contribution in [0.25, 0.3) is 11.4 Å². The van der Waals surface area contributed by atoms with Crippen LogP contribution in [0.1, 0.15) is 29.2 Å². The molecule has 1 fully saturated rings. The van der Waals surface area contributed by atoms with Crippen LogP contribution in [0.4, 0.5) is 4.39 Å². The first-order valence-electron chi connectivity index (χ1n) is 8.26. The lowest BCUT2D eigenvalue weighted by atomic mass is 9.94. The minimum absolute atomic E-state index is 0.108. The molecule has 1 unspecified atom stereocenters. The van der Waals surface area contributed by atoms with Crippen LogP contribution < -0.4 is 0 Å². The second-order valence-electron chi connectivity index (χ2n) is 6.38. The highest BCUT2D eigenvalue weighted by atomic mass is 19.1. The van der Waals surface area contributed by atoms with Crippen molar-refractivity contribution in [2.45, 2.75) is 18.5 Å². The van der Waals surface area contributed by atoms with Gasteiger partial charge in [-0.15, -0.1) is 0 Å². The van der Waals surface area contributed by atoms with Gasteiger partial charge in [0.25, 0.3) is 11.8 Å². The Hall–Kier alpha value is -3.10. The van der Waals surface area contributed by atoms with E-state index in [9.17, 15) is 4.79 Å². The van der Waals surface area contributed by atoms with Gasteiger partial charge in [0.1, 0.15) is 5.69 Å². The first-order valence-corrected chi connectivity index (χ1v) is 8.26. The van der Waals surface area contributed by atoms with E-state index in [1.165, 1.54) is 4.90 Å². The lowest BCUT2D eigenvalue weighted by Crippen LogP contribution is -2.46. The van der Waals surface area contributed by atoms with Crippen molar-refractivity contribution in [2.24, 2.45) is 7.05 Å². The summed E-state index contributed by atoms with van der Waals surface area (Å²) in [4.78, 5) is 26.2. The maximum Gasteiger partial charge on any atom is 0.274 e. The van der Waals surface area contributed by atoms with Crippen LogP contribution in [-0.4, -0.2) is 48.6 Å². The number of hydrogen-bond acceptors (Lipinski definition) is 6. The molecule has 1 amide bonds. The maximum absolute atomic E-state index is 15.5. The van der Waals surface area contributed by atoms with Gasteiger partial charge in [-0.1, -0.05) is 5.16 Å². The summed E-state index contributed by atoms with van der Waals surface area (Å²) in [6.45, 7) is 0.326. The van der Waals surface area contributed by atoms with E-state index < -0.39 is 5.67 Å². The van der Waals surface area contributed by atoms with E-state index in [2.05, 4.69) is 20.1 Å². The highest BCUT2D eigenvalue weighted by molar-refractivity contribution is 5.92. The Morgan fingerprint density at radius 3 is 2.88 bits per heavy atom. The van der Waals surface area contributed by atoms with E-state index in [4.69, 9.17) is 4.52 Å². The van der Waals surface area contributed by atoms with Crippen molar-refractivity contribution in [1.82, 2.24) is 29.6 Å². The number of carbonyl (C=O) groups excluding carboxylic acids is 1. The quantitative estimate of drug-likeness (QED) is 0.713. The molecule has 0 aromatic carbocycles. The number of rotatable bonds is 3. The number of hydrogen-bond donors (Lipinski definition) is 0. The average molecular weight is 356 g/mol. The molecule has 4 heterocycles. The molecule has 0 radical (unpaired) electrons. The van der Waals surface area contributed by atoms with Crippen molar-refractivity contribution in [3.05, 3.63) is 48.6 Å². The van der Waals surface area contributed by atoms with Crippen LogP contribution >= 0.6 is 0 Å². The molecule has 4 rings (SSSR count). The van der Waals surface area contributed by atoms with Gasteiger partial charge in [-0.2, -0.15) is 4.98 Å². The first-order chi connectivity index (χ1) is 12.5. The summed E-state index contributed by atoms with van der Waals surface area (Å²) >= 11 is 0. The van der Waals surface area contributed by atoms with Gasteiger partial charge < -0.3 is 14.0 Å². The zero-order chi connectivity index (χ0) is 18.1. The summed E-state index contributed by atoms with van der Waals surface area (Å²) in [5.74, 6) is -0.114. The van der Waals surface area contributed by atoms with Crippen LogP contribution in [0.5, 0.6) is 0 Å². The molecule has 134 valence electrons. The second kappa shape index (κ2) is 6.32. The van der Waals surface area contributed by atoms with E-state index in [-0.39, 0.29) is 24.8 Å². The first kappa shape index (κ1) is 16.4. The number of aromatic nitrogens is 5. The van der Waals surface area contributed by atoms with Crippen molar-refractivity contribution in [3.8, 4) is 11.4 Å². The average Bonchev–Trinajstić information content (AvgIpc) is 3.32. The van der Waals surface area contributed by atoms with Crippen molar-refractivity contribution in [2.75, 3.05) is 13.1 Å². The van der Waals surface area contributed by atoms with Crippen LogP contribution in [0, 0.1) is 0 Å². The molecule has 0 bridgehead atoms. The summed E-state index contributed by atoms with van der Waals surface area (Å²) in [6.07, 6.45) is 7.08. The fourth-order valence-corrected chi connectivity index (χ4v) is 3.07. The number of imidazole rings is 1. The van der Waals surface area contributed by atoms with E-state index in [1.54, 1.807) is 48.7 Å². The monoisotopic (exact) mass is 356 g/mol. The molecule has 26 heavy (non-hydrogen) atoms. The zero-order valence-corrected chi connectivity index (χ0v) is 14.2. The van der Waals surface area contributed by atoms with Gasteiger partial charge in [0.15, 0.2) is 0 Å². The number of pyridine rings is 1. The van der Waals surface area contributed by atoms with Gasteiger partial charge in [-0.25, -0.2) is 9.37 Å². The van der Waals surface area contributed by atoms with Gasteiger partial charge in [-0.05, 0) is 25.0 Å². The largest absolute Gasteiger partial charge is 0.340 e. The standard InChI is InChI=1S/C17H17FN6O2/c1-23-9-13(20-11-23)15(25)24-8-2-5-17(18,10-24)16-21-14(22-26-16)12-3-6-19-7-4-12/h3-4,6-7,9,11H,2,5,8,10H2,1H3. The molecule has 0 spiro atoms. The predicted molar refractivity (Wildman–Crippen MR) is 88.7 cm³/mol. The second-order valence-corrected chi connectivity index (χ2v) is 6.38. The number of amides is 1. The molecule has 8 nitrogen and oxygen atoms in total. The molecule has 1 saturated heterocycles. The number of halogens is 1. The lowest BCUT2D eigenvalue weighted by molar-refractivity contribution is 0.0149. The summed E-state index contributed by atoms with van der Waals surface area (Å²) < 4.78 is 22.4. The smallest absolute Gasteiger partial charge is 0.274 e. The van der Waals surface area contributed by atoms with Gasteiger partial charge >= 0.3 is 0 Å². The number of carbonyl (C=O) groups is 1. The number of alkyl halides is 1. The highest BCUT2D eigenvalue weighted by Gasteiger charge is 2.44. The van der Waals surface area contributed by atoms with E-state index in [0.29, 0.717) is 30.0 Å². The molecule has 1 aliphatic heterocycles. The van der Waals surface area contributed by atoms with Crippen LogP contribution in [-0.2, 0) is 12.7 Å². The third-order valence-corrected chi connectivity index (χ3v) is 4.40. The molecule has 1 aliphatic rings.